The second kappa shape index (κ2) is 9.31. The van der Waals surface area contributed by atoms with Crippen LogP contribution in [0.4, 0.5) is 5.82 Å². The van der Waals surface area contributed by atoms with Crippen molar-refractivity contribution in [2.45, 2.75) is 33.7 Å². The van der Waals surface area contributed by atoms with Crippen molar-refractivity contribution in [2.24, 2.45) is 0 Å². The van der Waals surface area contributed by atoms with Crippen LogP contribution in [0.1, 0.15) is 32.8 Å². The number of nitrogens with zero attached hydrogens (tertiary/aromatic N) is 2. The van der Waals surface area contributed by atoms with Crippen LogP contribution in [0.3, 0.4) is 0 Å². The highest BCUT2D eigenvalue weighted by molar-refractivity contribution is 5.81. The maximum atomic E-state index is 11.8. The molecule has 5 heteroatoms. The molecule has 1 amide bonds. The van der Waals surface area contributed by atoms with Gasteiger partial charge in [-0.05, 0) is 32.9 Å². The van der Waals surface area contributed by atoms with Gasteiger partial charge in [0.05, 0.1) is 6.54 Å². The quantitative estimate of drug-likeness (QED) is 0.673. The molecule has 0 bridgehead atoms. The first kappa shape index (κ1) is 16.4. The molecule has 0 atom stereocenters. The number of aromatic nitrogens is 1. The highest BCUT2D eigenvalue weighted by atomic mass is 16.2. The Labute approximate surface area is 121 Å². The number of carbonyl (C=O) groups excluding carboxylic acids is 1. The Bertz CT molecular complexity index is 409. The number of carbonyl (C=O) groups is 1. The first-order valence-corrected chi connectivity index (χ1v) is 7.39. The number of anilines is 1. The van der Waals surface area contributed by atoms with Crippen molar-refractivity contribution < 1.29 is 4.79 Å². The van der Waals surface area contributed by atoms with Gasteiger partial charge in [0, 0.05) is 31.4 Å². The summed E-state index contributed by atoms with van der Waals surface area (Å²) in [5.41, 5.74) is 1.13. The van der Waals surface area contributed by atoms with Crippen molar-refractivity contribution in [3.63, 3.8) is 0 Å². The summed E-state index contributed by atoms with van der Waals surface area (Å²) in [4.78, 5) is 18.2. The van der Waals surface area contributed by atoms with Gasteiger partial charge in [-0.2, -0.15) is 0 Å². The fraction of sp³-hybridized carbons (Fsp3) is 0.600. The molecule has 20 heavy (non-hydrogen) atoms. The first-order valence-electron chi connectivity index (χ1n) is 7.39. The molecule has 0 radical (unpaired) electrons. The Morgan fingerprint density at radius 1 is 1.35 bits per heavy atom. The lowest BCUT2D eigenvalue weighted by Crippen LogP contribution is -2.38. The van der Waals surface area contributed by atoms with Gasteiger partial charge in [-0.3, -0.25) is 4.79 Å². The summed E-state index contributed by atoms with van der Waals surface area (Å²) >= 11 is 0. The summed E-state index contributed by atoms with van der Waals surface area (Å²) in [7, 11) is 0. The maximum Gasteiger partial charge on any atom is 0.239 e. The molecule has 112 valence electrons. The van der Waals surface area contributed by atoms with Crippen molar-refractivity contribution in [3.8, 4) is 0 Å². The summed E-state index contributed by atoms with van der Waals surface area (Å²) in [6.45, 7) is 9.64. The van der Waals surface area contributed by atoms with Crippen molar-refractivity contribution in [1.82, 2.24) is 15.6 Å². The van der Waals surface area contributed by atoms with E-state index < -0.39 is 0 Å². The molecule has 1 aromatic rings. The van der Waals surface area contributed by atoms with Crippen LogP contribution in [0.5, 0.6) is 0 Å². The summed E-state index contributed by atoms with van der Waals surface area (Å²) in [5, 5.41) is 6.21. The summed E-state index contributed by atoms with van der Waals surface area (Å²) in [5.74, 6) is 0.928. The van der Waals surface area contributed by atoms with Crippen LogP contribution in [-0.4, -0.2) is 37.1 Å². The van der Waals surface area contributed by atoms with E-state index in [1.165, 1.54) is 0 Å². The van der Waals surface area contributed by atoms with E-state index in [9.17, 15) is 4.79 Å². The molecule has 0 saturated carbocycles. The normalized spacial score (nSPS) is 10.3. The molecule has 1 rings (SSSR count). The Balaban J connectivity index is 2.77. The van der Waals surface area contributed by atoms with Crippen LogP contribution >= 0.6 is 0 Å². The van der Waals surface area contributed by atoms with E-state index in [0.29, 0.717) is 13.1 Å². The van der Waals surface area contributed by atoms with E-state index in [4.69, 9.17) is 0 Å². The fourth-order valence-corrected chi connectivity index (χ4v) is 2.02. The third kappa shape index (κ3) is 5.17. The van der Waals surface area contributed by atoms with Gasteiger partial charge in [0.2, 0.25) is 5.91 Å². The van der Waals surface area contributed by atoms with E-state index in [1.807, 2.05) is 24.8 Å². The number of pyridine rings is 1. The lowest BCUT2D eigenvalue weighted by atomic mass is 10.2. The Kier molecular flexibility index (Phi) is 7.65. The minimum atomic E-state index is 0.0347. The topological polar surface area (TPSA) is 57.3 Å². The van der Waals surface area contributed by atoms with Crippen LogP contribution < -0.4 is 15.5 Å². The molecule has 0 aromatic carbocycles. The molecular formula is C15H26N4O. The van der Waals surface area contributed by atoms with Gasteiger partial charge in [-0.1, -0.05) is 13.0 Å². The highest BCUT2D eigenvalue weighted by Gasteiger charge is 2.13. The minimum absolute atomic E-state index is 0.0347. The molecule has 0 aliphatic rings. The van der Waals surface area contributed by atoms with E-state index >= 15 is 0 Å². The van der Waals surface area contributed by atoms with Gasteiger partial charge in [0.1, 0.15) is 5.82 Å². The van der Waals surface area contributed by atoms with E-state index in [1.54, 1.807) is 6.20 Å². The summed E-state index contributed by atoms with van der Waals surface area (Å²) in [6, 6.07) is 4.00. The Morgan fingerprint density at radius 3 is 2.80 bits per heavy atom. The van der Waals surface area contributed by atoms with Crippen molar-refractivity contribution in [2.75, 3.05) is 31.1 Å². The SMILES string of the molecule is CCCNCc1cccnc1N(CC)CC(=O)NCC. The highest BCUT2D eigenvalue weighted by Crippen LogP contribution is 2.16. The standard InChI is InChI=1S/C15H26N4O/c1-4-9-16-11-13-8-7-10-18-15(13)19(6-3)12-14(20)17-5-2/h7-8,10,16H,4-6,9,11-12H2,1-3H3,(H,17,20). The third-order valence-electron chi connectivity index (χ3n) is 3.00. The lowest BCUT2D eigenvalue weighted by Gasteiger charge is -2.23. The lowest BCUT2D eigenvalue weighted by molar-refractivity contribution is -0.119. The molecule has 0 saturated heterocycles. The van der Waals surface area contributed by atoms with Crippen LogP contribution in [0.25, 0.3) is 0 Å². The van der Waals surface area contributed by atoms with E-state index in [-0.39, 0.29) is 5.91 Å². The summed E-state index contributed by atoms with van der Waals surface area (Å²) in [6.07, 6.45) is 2.88. The van der Waals surface area contributed by atoms with Crippen LogP contribution in [0, 0.1) is 0 Å². The number of nitrogens with one attached hydrogen (secondary N) is 2. The minimum Gasteiger partial charge on any atom is -0.355 e. The van der Waals surface area contributed by atoms with Gasteiger partial charge < -0.3 is 15.5 Å². The number of hydrogen-bond acceptors (Lipinski definition) is 4. The molecule has 1 aromatic heterocycles. The zero-order chi connectivity index (χ0) is 14.8. The van der Waals surface area contributed by atoms with Crippen molar-refractivity contribution in [3.05, 3.63) is 23.9 Å². The molecule has 2 N–H and O–H groups in total. The maximum absolute atomic E-state index is 11.8. The zero-order valence-electron chi connectivity index (χ0n) is 12.8. The number of rotatable bonds is 9. The predicted octanol–water partition coefficient (Wildman–Crippen LogP) is 1.54. The van der Waals surface area contributed by atoms with E-state index in [0.717, 1.165) is 37.4 Å². The molecule has 0 fully saturated rings. The van der Waals surface area contributed by atoms with Crippen LogP contribution in [-0.2, 0) is 11.3 Å². The number of hydrogen-bond donors (Lipinski definition) is 2. The average Bonchev–Trinajstić information content (AvgIpc) is 2.46. The molecule has 0 spiro atoms. The predicted molar refractivity (Wildman–Crippen MR) is 82.8 cm³/mol. The first-order chi connectivity index (χ1) is 9.72. The van der Waals surface area contributed by atoms with Crippen LogP contribution in [0.15, 0.2) is 18.3 Å². The molecule has 0 aliphatic heterocycles. The number of amides is 1. The summed E-state index contributed by atoms with van der Waals surface area (Å²) < 4.78 is 0. The van der Waals surface area contributed by atoms with Gasteiger partial charge >= 0.3 is 0 Å². The second-order valence-electron chi connectivity index (χ2n) is 4.63. The average molecular weight is 278 g/mol. The molecule has 0 aliphatic carbocycles. The Hall–Kier alpha value is -1.62. The third-order valence-corrected chi connectivity index (χ3v) is 3.00. The monoisotopic (exact) mass is 278 g/mol. The van der Waals surface area contributed by atoms with E-state index in [2.05, 4.69) is 28.6 Å². The van der Waals surface area contributed by atoms with Gasteiger partial charge in [0.15, 0.2) is 0 Å². The van der Waals surface area contributed by atoms with Crippen LogP contribution in [0.2, 0.25) is 0 Å². The second-order valence-corrected chi connectivity index (χ2v) is 4.63. The van der Waals surface area contributed by atoms with Crippen molar-refractivity contribution >= 4 is 11.7 Å². The molecule has 5 nitrogen and oxygen atoms in total. The van der Waals surface area contributed by atoms with Gasteiger partial charge in [-0.25, -0.2) is 4.98 Å². The Morgan fingerprint density at radius 2 is 2.15 bits per heavy atom. The molecular weight excluding hydrogens is 252 g/mol. The largest absolute Gasteiger partial charge is 0.355 e. The fourth-order valence-electron chi connectivity index (χ4n) is 2.02. The van der Waals surface area contributed by atoms with Gasteiger partial charge in [-0.15, -0.1) is 0 Å². The van der Waals surface area contributed by atoms with Crippen molar-refractivity contribution in [1.29, 1.82) is 0 Å². The number of likely N-dealkylation sites (N-methyl/N-ethyl adjacent to an activating group) is 2. The smallest absolute Gasteiger partial charge is 0.239 e. The molecule has 0 unspecified atom stereocenters. The van der Waals surface area contributed by atoms with Gasteiger partial charge in [0.25, 0.3) is 0 Å². The molecule has 1 heterocycles. The zero-order valence-corrected chi connectivity index (χ0v) is 12.8.